The summed E-state index contributed by atoms with van der Waals surface area (Å²) in [6.07, 6.45) is 0.950. The number of carboxylic acids is 1. The van der Waals surface area contributed by atoms with Gasteiger partial charge in [-0.05, 0) is 34.2 Å². The summed E-state index contributed by atoms with van der Waals surface area (Å²) >= 11 is 0. The van der Waals surface area contributed by atoms with E-state index in [0.29, 0.717) is 13.2 Å². The molecule has 0 radical (unpaired) electrons. The topological polar surface area (TPSA) is 78.9 Å². The van der Waals surface area contributed by atoms with Gasteiger partial charge in [-0.1, -0.05) is 0 Å². The molecule has 18 heavy (non-hydrogen) atoms. The van der Waals surface area contributed by atoms with Gasteiger partial charge in [0.25, 0.3) is 0 Å². The Labute approximate surface area is 108 Å². The summed E-state index contributed by atoms with van der Waals surface area (Å²) in [6.45, 7) is 6.70. The summed E-state index contributed by atoms with van der Waals surface area (Å²) in [6, 6.07) is -0.667. The van der Waals surface area contributed by atoms with Crippen molar-refractivity contribution in [3.8, 4) is 0 Å². The third-order valence-corrected chi connectivity index (χ3v) is 2.51. The number of aliphatic carboxylic acids is 1. The summed E-state index contributed by atoms with van der Waals surface area (Å²) in [5.74, 6) is -1.11. The van der Waals surface area contributed by atoms with Crippen LogP contribution >= 0.6 is 0 Å². The first-order valence-electron chi connectivity index (χ1n) is 6.16. The molecule has 106 valence electrons. The number of nitrogens with one attached hydrogen (secondary N) is 1. The second kappa shape index (κ2) is 8.88. The molecule has 0 aliphatic carbocycles. The fraction of sp³-hybridized carbons (Fsp3) is 0.833. The molecule has 0 bridgehead atoms. The zero-order valence-corrected chi connectivity index (χ0v) is 11.6. The van der Waals surface area contributed by atoms with Crippen molar-refractivity contribution in [1.29, 1.82) is 0 Å². The SMILES string of the molecule is CC(C)OCCCNC(=O)CN(C)C(C)C(=O)O. The van der Waals surface area contributed by atoms with E-state index in [1.807, 2.05) is 13.8 Å². The zero-order chi connectivity index (χ0) is 14.1. The average Bonchev–Trinajstić information content (AvgIpc) is 2.26. The van der Waals surface area contributed by atoms with Crippen LogP contribution in [0.4, 0.5) is 0 Å². The highest BCUT2D eigenvalue weighted by atomic mass is 16.5. The molecule has 0 spiro atoms. The Balaban J connectivity index is 3.68. The maximum absolute atomic E-state index is 11.5. The quantitative estimate of drug-likeness (QED) is 0.584. The van der Waals surface area contributed by atoms with Crippen LogP contribution in [0.3, 0.4) is 0 Å². The van der Waals surface area contributed by atoms with Gasteiger partial charge in [-0.25, -0.2) is 0 Å². The second-order valence-corrected chi connectivity index (χ2v) is 4.55. The third-order valence-electron chi connectivity index (χ3n) is 2.51. The van der Waals surface area contributed by atoms with Crippen LogP contribution in [0.1, 0.15) is 27.2 Å². The Morgan fingerprint density at radius 3 is 2.44 bits per heavy atom. The maximum atomic E-state index is 11.5. The highest BCUT2D eigenvalue weighted by molar-refractivity contribution is 5.79. The first-order chi connectivity index (χ1) is 8.34. The molecule has 0 saturated heterocycles. The van der Waals surface area contributed by atoms with Gasteiger partial charge in [0.2, 0.25) is 5.91 Å². The predicted octanol–water partition coefficient (Wildman–Crippen LogP) is 0.323. The molecule has 1 atom stereocenters. The number of carboxylic acid groups (broad SMARTS) is 1. The highest BCUT2D eigenvalue weighted by Gasteiger charge is 2.18. The van der Waals surface area contributed by atoms with Gasteiger partial charge < -0.3 is 15.2 Å². The molecule has 6 heteroatoms. The van der Waals surface area contributed by atoms with Gasteiger partial charge in [0.15, 0.2) is 0 Å². The molecular weight excluding hydrogens is 236 g/mol. The van der Waals surface area contributed by atoms with Gasteiger partial charge >= 0.3 is 5.97 Å². The highest BCUT2D eigenvalue weighted by Crippen LogP contribution is 1.94. The van der Waals surface area contributed by atoms with E-state index in [9.17, 15) is 9.59 Å². The van der Waals surface area contributed by atoms with Crippen LogP contribution in [0.5, 0.6) is 0 Å². The largest absolute Gasteiger partial charge is 0.480 e. The van der Waals surface area contributed by atoms with E-state index in [1.165, 1.54) is 4.90 Å². The lowest BCUT2D eigenvalue weighted by Crippen LogP contribution is -2.43. The number of hydrogen-bond donors (Lipinski definition) is 2. The van der Waals surface area contributed by atoms with Crippen molar-refractivity contribution < 1.29 is 19.4 Å². The van der Waals surface area contributed by atoms with E-state index < -0.39 is 12.0 Å². The molecule has 0 aromatic rings. The van der Waals surface area contributed by atoms with E-state index in [4.69, 9.17) is 9.84 Å². The summed E-state index contributed by atoms with van der Waals surface area (Å²) in [4.78, 5) is 23.7. The molecule has 2 N–H and O–H groups in total. The molecule has 1 amide bonds. The molecule has 0 rings (SSSR count). The number of carbonyl (C=O) groups is 2. The number of likely N-dealkylation sites (N-methyl/N-ethyl adjacent to an activating group) is 1. The van der Waals surface area contributed by atoms with Crippen LogP contribution in [-0.4, -0.2) is 60.8 Å². The Bertz CT molecular complexity index is 269. The minimum absolute atomic E-state index is 0.0818. The van der Waals surface area contributed by atoms with Crippen molar-refractivity contribution >= 4 is 11.9 Å². The van der Waals surface area contributed by atoms with Crippen LogP contribution in [0.25, 0.3) is 0 Å². The number of hydrogen-bond acceptors (Lipinski definition) is 4. The Hall–Kier alpha value is -1.14. The second-order valence-electron chi connectivity index (χ2n) is 4.55. The van der Waals surface area contributed by atoms with E-state index in [-0.39, 0.29) is 18.6 Å². The summed E-state index contributed by atoms with van der Waals surface area (Å²) in [5.41, 5.74) is 0. The third kappa shape index (κ3) is 8.03. The van der Waals surface area contributed by atoms with Crippen LogP contribution in [0.15, 0.2) is 0 Å². The van der Waals surface area contributed by atoms with Crippen molar-refractivity contribution in [2.24, 2.45) is 0 Å². The Kier molecular flexibility index (Phi) is 8.32. The Morgan fingerprint density at radius 2 is 1.94 bits per heavy atom. The summed E-state index contributed by atoms with van der Waals surface area (Å²) in [7, 11) is 1.61. The first-order valence-corrected chi connectivity index (χ1v) is 6.16. The van der Waals surface area contributed by atoms with E-state index >= 15 is 0 Å². The predicted molar refractivity (Wildman–Crippen MR) is 68.4 cm³/mol. The van der Waals surface area contributed by atoms with Crippen LogP contribution in [0, 0.1) is 0 Å². The monoisotopic (exact) mass is 260 g/mol. The number of rotatable bonds is 9. The van der Waals surface area contributed by atoms with Crippen molar-refractivity contribution in [2.45, 2.75) is 39.3 Å². The molecule has 1 unspecified atom stereocenters. The molecule has 0 aliphatic rings. The van der Waals surface area contributed by atoms with Crippen LogP contribution < -0.4 is 5.32 Å². The van der Waals surface area contributed by atoms with Gasteiger partial charge in [-0.2, -0.15) is 0 Å². The molecule has 0 saturated carbocycles. The van der Waals surface area contributed by atoms with Crippen molar-refractivity contribution in [3.63, 3.8) is 0 Å². The molecule has 0 aromatic heterocycles. The van der Waals surface area contributed by atoms with Crippen molar-refractivity contribution in [2.75, 3.05) is 26.7 Å². The normalized spacial score (nSPS) is 12.8. The summed E-state index contributed by atoms with van der Waals surface area (Å²) < 4.78 is 5.33. The molecule has 0 fully saturated rings. The number of nitrogens with zero attached hydrogens (tertiary/aromatic N) is 1. The lowest BCUT2D eigenvalue weighted by Gasteiger charge is -2.20. The fourth-order valence-corrected chi connectivity index (χ4v) is 1.23. The van der Waals surface area contributed by atoms with Crippen molar-refractivity contribution in [3.05, 3.63) is 0 Å². The van der Waals surface area contributed by atoms with Gasteiger partial charge in [0.05, 0.1) is 12.6 Å². The first kappa shape index (κ1) is 16.9. The number of amides is 1. The molecule has 6 nitrogen and oxygen atoms in total. The van der Waals surface area contributed by atoms with Crippen LogP contribution in [-0.2, 0) is 14.3 Å². The number of ether oxygens (including phenoxy) is 1. The van der Waals surface area contributed by atoms with E-state index in [2.05, 4.69) is 5.32 Å². The lowest BCUT2D eigenvalue weighted by molar-refractivity contribution is -0.142. The summed E-state index contributed by atoms with van der Waals surface area (Å²) in [5, 5.41) is 11.5. The maximum Gasteiger partial charge on any atom is 0.320 e. The standard InChI is InChI=1S/C12H24N2O4/c1-9(2)18-7-5-6-13-11(15)8-14(4)10(3)12(16)17/h9-10H,5-8H2,1-4H3,(H,13,15)(H,16,17). The van der Waals surface area contributed by atoms with Gasteiger partial charge in [-0.15, -0.1) is 0 Å². The van der Waals surface area contributed by atoms with E-state index in [1.54, 1.807) is 14.0 Å². The molecule has 0 aromatic carbocycles. The minimum Gasteiger partial charge on any atom is -0.480 e. The molecular formula is C12H24N2O4. The minimum atomic E-state index is -0.935. The number of carbonyl (C=O) groups excluding carboxylic acids is 1. The van der Waals surface area contributed by atoms with Gasteiger partial charge in [0.1, 0.15) is 6.04 Å². The smallest absolute Gasteiger partial charge is 0.320 e. The Morgan fingerprint density at radius 1 is 1.33 bits per heavy atom. The zero-order valence-electron chi connectivity index (χ0n) is 11.6. The van der Waals surface area contributed by atoms with Crippen LogP contribution in [0.2, 0.25) is 0 Å². The van der Waals surface area contributed by atoms with Crippen molar-refractivity contribution in [1.82, 2.24) is 10.2 Å². The van der Waals surface area contributed by atoms with Gasteiger partial charge in [-0.3, -0.25) is 14.5 Å². The van der Waals surface area contributed by atoms with E-state index in [0.717, 1.165) is 6.42 Å². The molecule has 0 aliphatic heterocycles. The molecule has 0 heterocycles. The fourth-order valence-electron chi connectivity index (χ4n) is 1.23. The average molecular weight is 260 g/mol. The van der Waals surface area contributed by atoms with Gasteiger partial charge in [0, 0.05) is 13.2 Å². The lowest BCUT2D eigenvalue weighted by atomic mass is 10.3.